The van der Waals surface area contributed by atoms with Crippen molar-refractivity contribution in [1.29, 1.82) is 0 Å². The first-order valence-electron chi connectivity index (χ1n) is 7.97. The fourth-order valence-electron chi connectivity index (χ4n) is 2.61. The molecule has 1 aromatic heterocycles. The highest BCUT2D eigenvalue weighted by atomic mass is 16.5. The molecule has 0 unspecified atom stereocenters. The number of aromatic nitrogens is 1. The summed E-state index contributed by atoms with van der Waals surface area (Å²) >= 11 is 0. The van der Waals surface area contributed by atoms with Gasteiger partial charge in [0, 0.05) is 24.9 Å². The van der Waals surface area contributed by atoms with Crippen LogP contribution in [0.5, 0.6) is 5.75 Å². The summed E-state index contributed by atoms with van der Waals surface area (Å²) in [7, 11) is 1.64. The van der Waals surface area contributed by atoms with E-state index >= 15 is 0 Å². The number of nitrogens with one attached hydrogen (secondary N) is 1. The van der Waals surface area contributed by atoms with Crippen molar-refractivity contribution < 1.29 is 14.1 Å². The highest BCUT2D eigenvalue weighted by Crippen LogP contribution is 2.12. The van der Waals surface area contributed by atoms with Crippen molar-refractivity contribution in [3.8, 4) is 5.75 Å². The third kappa shape index (κ3) is 3.54. The zero-order valence-corrected chi connectivity index (χ0v) is 13.9. The molecule has 0 aliphatic carbocycles. The van der Waals surface area contributed by atoms with Gasteiger partial charge in [-0.2, -0.15) is 4.57 Å². The van der Waals surface area contributed by atoms with E-state index in [9.17, 15) is 4.79 Å². The Balaban J connectivity index is 1.66. The lowest BCUT2D eigenvalue weighted by Gasteiger charge is -2.10. The number of nitrogens with zero attached hydrogens (tertiary/aromatic N) is 1. The second kappa shape index (κ2) is 7.13. The van der Waals surface area contributed by atoms with Gasteiger partial charge in [0.15, 0.2) is 12.4 Å². The highest BCUT2D eigenvalue weighted by Gasteiger charge is 2.21. The largest absolute Gasteiger partial charge is 0.497 e. The van der Waals surface area contributed by atoms with Gasteiger partial charge in [-0.05, 0) is 29.1 Å². The van der Waals surface area contributed by atoms with Gasteiger partial charge in [0.25, 0.3) is 5.91 Å². The maximum absolute atomic E-state index is 12.4. The first-order valence-corrected chi connectivity index (χ1v) is 7.97. The van der Waals surface area contributed by atoms with E-state index in [1.807, 2.05) is 72.4 Å². The Morgan fingerprint density at radius 2 is 1.79 bits per heavy atom. The molecule has 0 radical (unpaired) electrons. The molecule has 1 N–H and O–H groups in total. The predicted octanol–water partition coefficient (Wildman–Crippen LogP) is 3.01. The van der Waals surface area contributed by atoms with Gasteiger partial charge in [0.05, 0.1) is 7.11 Å². The van der Waals surface area contributed by atoms with E-state index in [1.54, 1.807) is 7.11 Å². The fourth-order valence-corrected chi connectivity index (χ4v) is 2.61. The first kappa shape index (κ1) is 16.0. The van der Waals surface area contributed by atoms with Crippen molar-refractivity contribution >= 4 is 16.7 Å². The van der Waals surface area contributed by atoms with Crippen LogP contribution in [0.15, 0.2) is 67.0 Å². The van der Waals surface area contributed by atoms with Gasteiger partial charge >= 0.3 is 0 Å². The number of carbonyl (C=O) groups excluding carboxylic acids is 1. The summed E-state index contributed by atoms with van der Waals surface area (Å²) in [6, 6.07) is 17.6. The molecule has 1 heterocycles. The molecule has 3 rings (SSSR count). The highest BCUT2D eigenvalue weighted by molar-refractivity contribution is 5.81. The van der Waals surface area contributed by atoms with Crippen LogP contribution in [0.4, 0.5) is 0 Å². The van der Waals surface area contributed by atoms with Gasteiger partial charge in [-0.1, -0.05) is 30.3 Å². The molecule has 0 fully saturated rings. The molecule has 2 aromatic carbocycles. The monoisotopic (exact) mass is 321 g/mol. The van der Waals surface area contributed by atoms with Crippen LogP contribution in [0.1, 0.15) is 18.5 Å². The number of rotatable bonds is 5. The quantitative estimate of drug-likeness (QED) is 0.734. The van der Waals surface area contributed by atoms with E-state index < -0.39 is 0 Å². The summed E-state index contributed by atoms with van der Waals surface area (Å²) in [4.78, 5) is 12.4. The third-order valence-corrected chi connectivity index (χ3v) is 4.16. The number of benzene rings is 2. The third-order valence-electron chi connectivity index (χ3n) is 4.16. The van der Waals surface area contributed by atoms with Crippen molar-refractivity contribution in [3.05, 3.63) is 72.6 Å². The molecule has 1 amide bonds. The van der Waals surface area contributed by atoms with Crippen LogP contribution < -0.4 is 14.6 Å². The fraction of sp³-hybridized carbons (Fsp3) is 0.200. The summed E-state index contributed by atoms with van der Waals surface area (Å²) in [5, 5.41) is 5.27. The van der Waals surface area contributed by atoms with Gasteiger partial charge in [0.1, 0.15) is 5.75 Å². The van der Waals surface area contributed by atoms with Crippen LogP contribution in [0.3, 0.4) is 0 Å². The topological polar surface area (TPSA) is 42.2 Å². The average Bonchev–Trinajstić information content (AvgIpc) is 2.65. The molecule has 1 atom stereocenters. The Bertz CT molecular complexity index is 844. The van der Waals surface area contributed by atoms with E-state index in [4.69, 9.17) is 4.74 Å². The lowest BCUT2D eigenvalue weighted by Crippen LogP contribution is -2.46. The van der Waals surface area contributed by atoms with Crippen LogP contribution >= 0.6 is 0 Å². The standard InChI is InChI=1S/C20H20N2O2/c1-15(22-12-11-17-5-3-4-6-18(17)14-22)20(23)21-13-16-7-9-19(24-2)10-8-16/h3-12,14-15H,13H2,1-2H3/p+1/t15-/m0/s1. The van der Waals surface area contributed by atoms with E-state index in [2.05, 4.69) is 11.4 Å². The Morgan fingerprint density at radius 1 is 1.08 bits per heavy atom. The molecule has 0 saturated heterocycles. The summed E-state index contributed by atoms with van der Waals surface area (Å²) in [6.07, 6.45) is 3.95. The number of fused-ring (bicyclic) bond motifs is 1. The lowest BCUT2D eigenvalue weighted by molar-refractivity contribution is -0.704. The van der Waals surface area contributed by atoms with Crippen LogP contribution in [0.25, 0.3) is 10.8 Å². The van der Waals surface area contributed by atoms with Crippen molar-refractivity contribution in [1.82, 2.24) is 5.32 Å². The molecule has 0 saturated carbocycles. The average molecular weight is 321 g/mol. The van der Waals surface area contributed by atoms with Gasteiger partial charge in [0.2, 0.25) is 6.04 Å². The number of methoxy groups -OCH3 is 1. The van der Waals surface area contributed by atoms with Crippen molar-refractivity contribution in [2.45, 2.75) is 19.5 Å². The lowest BCUT2D eigenvalue weighted by atomic mass is 10.1. The summed E-state index contributed by atoms with van der Waals surface area (Å²) in [6.45, 7) is 2.40. The van der Waals surface area contributed by atoms with Crippen LogP contribution in [-0.2, 0) is 11.3 Å². The van der Waals surface area contributed by atoms with Crippen LogP contribution in [-0.4, -0.2) is 13.0 Å². The number of ether oxygens (including phenoxy) is 1. The minimum Gasteiger partial charge on any atom is -0.497 e. The van der Waals surface area contributed by atoms with Crippen molar-refractivity contribution in [3.63, 3.8) is 0 Å². The van der Waals surface area contributed by atoms with E-state index in [-0.39, 0.29) is 11.9 Å². The minimum absolute atomic E-state index is 0.00824. The van der Waals surface area contributed by atoms with Crippen molar-refractivity contribution in [2.75, 3.05) is 7.11 Å². The zero-order chi connectivity index (χ0) is 16.9. The van der Waals surface area contributed by atoms with E-state index in [0.717, 1.165) is 16.7 Å². The first-order chi connectivity index (χ1) is 11.7. The second-order valence-electron chi connectivity index (χ2n) is 5.76. The maximum Gasteiger partial charge on any atom is 0.289 e. The molecule has 122 valence electrons. The number of hydrogen-bond donors (Lipinski definition) is 1. The molecular formula is C20H21N2O2+. The maximum atomic E-state index is 12.4. The van der Waals surface area contributed by atoms with Gasteiger partial charge in [-0.3, -0.25) is 4.79 Å². The van der Waals surface area contributed by atoms with Gasteiger partial charge < -0.3 is 10.1 Å². The molecule has 24 heavy (non-hydrogen) atoms. The number of hydrogen-bond acceptors (Lipinski definition) is 2. The SMILES string of the molecule is COc1ccc(CNC(=O)[C@H](C)[n+]2ccc3ccccc3c2)cc1. The molecule has 4 heteroatoms. The van der Waals surface area contributed by atoms with E-state index in [0.29, 0.717) is 6.54 Å². The predicted molar refractivity (Wildman–Crippen MR) is 93.7 cm³/mol. The van der Waals surface area contributed by atoms with Crippen LogP contribution in [0, 0.1) is 0 Å². The molecule has 0 aliphatic rings. The van der Waals surface area contributed by atoms with Gasteiger partial charge in [-0.25, -0.2) is 0 Å². The molecule has 0 aliphatic heterocycles. The Morgan fingerprint density at radius 3 is 2.50 bits per heavy atom. The van der Waals surface area contributed by atoms with Crippen molar-refractivity contribution in [2.24, 2.45) is 0 Å². The Kier molecular flexibility index (Phi) is 4.75. The normalized spacial score (nSPS) is 11.9. The second-order valence-corrected chi connectivity index (χ2v) is 5.76. The summed E-state index contributed by atoms with van der Waals surface area (Å²) in [5.41, 5.74) is 1.04. The Hall–Kier alpha value is -2.88. The van der Waals surface area contributed by atoms with Gasteiger partial charge in [-0.15, -0.1) is 0 Å². The smallest absolute Gasteiger partial charge is 0.289 e. The molecule has 3 aromatic rings. The number of carbonyl (C=O) groups is 1. The number of pyridine rings is 1. The molecule has 0 bridgehead atoms. The Labute approximate surface area is 141 Å². The summed E-state index contributed by atoms with van der Waals surface area (Å²) in [5.74, 6) is 0.802. The molecule has 4 nitrogen and oxygen atoms in total. The summed E-state index contributed by atoms with van der Waals surface area (Å²) < 4.78 is 7.07. The van der Waals surface area contributed by atoms with Crippen LogP contribution in [0.2, 0.25) is 0 Å². The number of amides is 1. The minimum atomic E-state index is -0.271. The van der Waals surface area contributed by atoms with E-state index in [1.165, 1.54) is 5.39 Å². The zero-order valence-electron chi connectivity index (χ0n) is 13.9. The molecular weight excluding hydrogens is 300 g/mol. The molecule has 0 spiro atoms.